The number of hydrogen-bond acceptors (Lipinski definition) is 3. The first kappa shape index (κ1) is 14.4. The quantitative estimate of drug-likeness (QED) is 0.518. The van der Waals surface area contributed by atoms with Crippen molar-refractivity contribution >= 4 is 28.3 Å². The van der Waals surface area contributed by atoms with E-state index in [0.717, 1.165) is 10.8 Å². The standard InChI is InChI=1S/C18H13ClO3/c1-21-16-9-5-4-8-14(16)18(20)22-17-11-10-15(19)12-6-2-3-7-13(12)17/h2-11H,1H3. The van der Waals surface area contributed by atoms with E-state index in [1.807, 2.05) is 24.3 Å². The predicted octanol–water partition coefficient (Wildman–Crippen LogP) is 4.72. The summed E-state index contributed by atoms with van der Waals surface area (Å²) in [4.78, 5) is 12.4. The zero-order chi connectivity index (χ0) is 15.5. The number of carbonyl (C=O) groups excluding carboxylic acids is 1. The lowest BCUT2D eigenvalue weighted by molar-refractivity contribution is 0.0733. The van der Waals surface area contributed by atoms with Crippen molar-refractivity contribution < 1.29 is 14.3 Å². The molecule has 4 heteroatoms. The molecular weight excluding hydrogens is 300 g/mol. The van der Waals surface area contributed by atoms with Crippen LogP contribution in [0.1, 0.15) is 10.4 Å². The van der Waals surface area contributed by atoms with Crippen molar-refractivity contribution in [2.75, 3.05) is 7.11 Å². The molecule has 3 nitrogen and oxygen atoms in total. The summed E-state index contributed by atoms with van der Waals surface area (Å²) in [5.74, 6) is 0.478. The highest BCUT2D eigenvalue weighted by atomic mass is 35.5. The molecular formula is C18H13ClO3. The van der Waals surface area contributed by atoms with Gasteiger partial charge in [0.1, 0.15) is 17.1 Å². The number of carbonyl (C=O) groups is 1. The van der Waals surface area contributed by atoms with Crippen LogP contribution in [0.2, 0.25) is 5.02 Å². The third-order valence-corrected chi connectivity index (χ3v) is 3.69. The van der Waals surface area contributed by atoms with Crippen LogP contribution in [0.4, 0.5) is 0 Å². The Morgan fingerprint density at radius 1 is 0.864 bits per heavy atom. The summed E-state index contributed by atoms with van der Waals surface area (Å²) in [6, 6.07) is 17.9. The van der Waals surface area contributed by atoms with Gasteiger partial charge >= 0.3 is 5.97 Å². The monoisotopic (exact) mass is 312 g/mol. The fourth-order valence-corrected chi connectivity index (χ4v) is 2.52. The third kappa shape index (κ3) is 2.63. The van der Waals surface area contributed by atoms with E-state index in [-0.39, 0.29) is 0 Å². The zero-order valence-electron chi connectivity index (χ0n) is 11.9. The second-order valence-electron chi connectivity index (χ2n) is 4.68. The van der Waals surface area contributed by atoms with Crippen molar-refractivity contribution in [3.8, 4) is 11.5 Å². The van der Waals surface area contributed by atoms with Gasteiger partial charge in [-0.05, 0) is 24.3 Å². The molecule has 0 amide bonds. The maximum Gasteiger partial charge on any atom is 0.347 e. The molecule has 0 atom stereocenters. The van der Waals surface area contributed by atoms with Crippen LogP contribution in [0.3, 0.4) is 0 Å². The average molecular weight is 313 g/mol. The maximum absolute atomic E-state index is 12.4. The van der Waals surface area contributed by atoms with Gasteiger partial charge in [-0.3, -0.25) is 0 Å². The molecule has 0 bridgehead atoms. The highest BCUT2D eigenvalue weighted by molar-refractivity contribution is 6.35. The summed E-state index contributed by atoms with van der Waals surface area (Å²) in [7, 11) is 1.52. The second kappa shape index (κ2) is 6.08. The molecule has 0 heterocycles. The minimum absolute atomic E-state index is 0.379. The molecule has 0 unspecified atom stereocenters. The van der Waals surface area contributed by atoms with Gasteiger partial charge < -0.3 is 9.47 Å². The van der Waals surface area contributed by atoms with Crippen LogP contribution in [0, 0.1) is 0 Å². The molecule has 3 rings (SSSR count). The lowest BCUT2D eigenvalue weighted by Crippen LogP contribution is -2.10. The molecule has 22 heavy (non-hydrogen) atoms. The van der Waals surface area contributed by atoms with Crippen LogP contribution in [-0.4, -0.2) is 13.1 Å². The number of para-hydroxylation sites is 1. The van der Waals surface area contributed by atoms with Gasteiger partial charge in [0.2, 0.25) is 0 Å². The Kier molecular flexibility index (Phi) is 3.98. The molecule has 0 N–H and O–H groups in total. The normalized spacial score (nSPS) is 10.5. The Morgan fingerprint density at radius 2 is 1.55 bits per heavy atom. The molecule has 0 saturated heterocycles. The van der Waals surface area contributed by atoms with Crippen LogP contribution in [0.5, 0.6) is 11.5 Å². The van der Waals surface area contributed by atoms with E-state index in [9.17, 15) is 4.79 Å². The SMILES string of the molecule is COc1ccccc1C(=O)Oc1ccc(Cl)c2ccccc12. The van der Waals surface area contributed by atoms with E-state index in [0.29, 0.717) is 22.1 Å². The smallest absolute Gasteiger partial charge is 0.347 e. The fraction of sp³-hybridized carbons (Fsp3) is 0.0556. The molecule has 0 fully saturated rings. The molecule has 0 radical (unpaired) electrons. The molecule has 3 aromatic rings. The summed E-state index contributed by atoms with van der Waals surface area (Å²) in [6.45, 7) is 0. The maximum atomic E-state index is 12.4. The van der Waals surface area contributed by atoms with Crippen molar-refractivity contribution in [3.63, 3.8) is 0 Å². The second-order valence-corrected chi connectivity index (χ2v) is 5.09. The van der Waals surface area contributed by atoms with Gasteiger partial charge in [-0.25, -0.2) is 4.79 Å². The summed E-state index contributed by atoms with van der Waals surface area (Å²) >= 11 is 6.17. The summed E-state index contributed by atoms with van der Waals surface area (Å²) in [5.41, 5.74) is 0.379. The van der Waals surface area contributed by atoms with Gasteiger partial charge in [0.15, 0.2) is 0 Å². The first-order valence-electron chi connectivity index (χ1n) is 6.73. The van der Waals surface area contributed by atoms with Crippen LogP contribution in [0.25, 0.3) is 10.8 Å². The summed E-state index contributed by atoms with van der Waals surface area (Å²) in [6.07, 6.45) is 0. The number of rotatable bonds is 3. The number of hydrogen-bond donors (Lipinski definition) is 0. The Labute approximate surface area is 133 Å². The lowest BCUT2D eigenvalue weighted by atomic mass is 10.1. The topological polar surface area (TPSA) is 35.5 Å². The van der Waals surface area contributed by atoms with Gasteiger partial charge in [-0.1, -0.05) is 48.0 Å². The first-order valence-corrected chi connectivity index (χ1v) is 7.11. The highest BCUT2D eigenvalue weighted by Gasteiger charge is 2.15. The summed E-state index contributed by atoms with van der Waals surface area (Å²) in [5, 5.41) is 2.25. The van der Waals surface area contributed by atoms with Crippen molar-refractivity contribution in [1.82, 2.24) is 0 Å². The van der Waals surface area contributed by atoms with Crippen LogP contribution < -0.4 is 9.47 Å². The van der Waals surface area contributed by atoms with Crippen molar-refractivity contribution in [3.05, 3.63) is 71.2 Å². The third-order valence-electron chi connectivity index (χ3n) is 3.36. The van der Waals surface area contributed by atoms with Crippen molar-refractivity contribution in [2.45, 2.75) is 0 Å². The largest absolute Gasteiger partial charge is 0.496 e. The van der Waals surface area contributed by atoms with Crippen LogP contribution >= 0.6 is 11.6 Å². The molecule has 0 saturated carbocycles. The molecule has 0 aliphatic rings. The predicted molar refractivity (Wildman–Crippen MR) is 86.9 cm³/mol. The number of fused-ring (bicyclic) bond motifs is 1. The van der Waals surface area contributed by atoms with E-state index in [4.69, 9.17) is 21.1 Å². The molecule has 0 aliphatic carbocycles. The molecule has 0 aromatic heterocycles. The molecule has 0 spiro atoms. The van der Waals surface area contributed by atoms with Gasteiger partial charge in [0.05, 0.1) is 7.11 Å². The number of benzene rings is 3. The highest BCUT2D eigenvalue weighted by Crippen LogP contribution is 2.32. The molecule has 110 valence electrons. The fourth-order valence-electron chi connectivity index (χ4n) is 2.29. The number of esters is 1. The van der Waals surface area contributed by atoms with Gasteiger partial charge in [0.25, 0.3) is 0 Å². The number of ether oxygens (including phenoxy) is 2. The van der Waals surface area contributed by atoms with E-state index in [1.165, 1.54) is 7.11 Å². The van der Waals surface area contributed by atoms with Crippen LogP contribution in [0.15, 0.2) is 60.7 Å². The van der Waals surface area contributed by atoms with E-state index >= 15 is 0 Å². The lowest BCUT2D eigenvalue weighted by Gasteiger charge is -2.10. The minimum atomic E-state index is -0.468. The van der Waals surface area contributed by atoms with E-state index < -0.39 is 5.97 Å². The number of halogens is 1. The first-order chi connectivity index (χ1) is 10.7. The Balaban J connectivity index is 2.00. The van der Waals surface area contributed by atoms with E-state index in [2.05, 4.69) is 0 Å². The van der Waals surface area contributed by atoms with Crippen molar-refractivity contribution in [2.24, 2.45) is 0 Å². The van der Waals surface area contributed by atoms with Crippen LogP contribution in [-0.2, 0) is 0 Å². The Morgan fingerprint density at radius 3 is 2.32 bits per heavy atom. The van der Waals surface area contributed by atoms with E-state index in [1.54, 1.807) is 36.4 Å². The molecule has 3 aromatic carbocycles. The molecule has 0 aliphatic heterocycles. The van der Waals surface area contributed by atoms with Gasteiger partial charge in [-0.2, -0.15) is 0 Å². The average Bonchev–Trinajstić information content (AvgIpc) is 2.57. The Hall–Kier alpha value is -2.52. The zero-order valence-corrected chi connectivity index (χ0v) is 12.6. The number of methoxy groups -OCH3 is 1. The summed E-state index contributed by atoms with van der Waals surface area (Å²) < 4.78 is 10.7. The van der Waals surface area contributed by atoms with Gasteiger partial charge in [0, 0.05) is 15.8 Å². The van der Waals surface area contributed by atoms with Gasteiger partial charge in [-0.15, -0.1) is 0 Å². The Bertz CT molecular complexity index is 843. The van der Waals surface area contributed by atoms with Crippen molar-refractivity contribution in [1.29, 1.82) is 0 Å². The minimum Gasteiger partial charge on any atom is -0.496 e.